The van der Waals surface area contributed by atoms with Crippen LogP contribution in [0.1, 0.15) is 30.6 Å². The lowest BCUT2D eigenvalue weighted by Gasteiger charge is -2.38. The van der Waals surface area contributed by atoms with Gasteiger partial charge in [0, 0.05) is 0 Å². The molecule has 6 heteroatoms. The number of nitrogens with zero attached hydrogens (tertiary/aromatic N) is 2. The number of carboxylic acids is 1. The number of carbonyl (C=O) groups is 1. The predicted molar refractivity (Wildman–Crippen MR) is 77.8 cm³/mol. The average Bonchev–Trinajstić information content (AvgIpc) is 2.89. The van der Waals surface area contributed by atoms with Crippen LogP contribution < -0.4 is 4.90 Å². The fraction of sp³-hybridized carbons (Fsp3) is 0.467. The summed E-state index contributed by atoms with van der Waals surface area (Å²) in [5, 5.41) is 9.24. The molecule has 0 aliphatic carbocycles. The van der Waals surface area contributed by atoms with Crippen molar-refractivity contribution in [3.63, 3.8) is 0 Å². The Kier molecular flexibility index (Phi) is 3.55. The number of aromatic carboxylic acids is 1. The highest BCUT2D eigenvalue weighted by Crippen LogP contribution is 2.29. The lowest BCUT2D eigenvalue weighted by Crippen LogP contribution is -2.51. The fourth-order valence-electron chi connectivity index (χ4n) is 2.77. The van der Waals surface area contributed by atoms with Crippen molar-refractivity contribution in [2.45, 2.75) is 32.4 Å². The Morgan fingerprint density at radius 3 is 3.00 bits per heavy atom. The summed E-state index contributed by atoms with van der Waals surface area (Å²) in [5.41, 5.74) is 1.06. The van der Waals surface area contributed by atoms with Gasteiger partial charge in [-0.3, -0.25) is 0 Å². The number of morpholine rings is 1. The molecule has 2 heterocycles. The lowest BCUT2D eigenvalue weighted by molar-refractivity contribution is 0.0669. The third-order valence-corrected chi connectivity index (χ3v) is 3.87. The first-order valence-electron chi connectivity index (χ1n) is 7.10. The molecule has 21 heavy (non-hydrogen) atoms. The number of aromatic nitrogens is 1. The molecule has 0 amide bonds. The molecule has 0 bridgehead atoms. The summed E-state index contributed by atoms with van der Waals surface area (Å²) in [6.07, 6.45) is 0.912. The van der Waals surface area contributed by atoms with Crippen molar-refractivity contribution in [2.24, 2.45) is 0 Å². The largest absolute Gasteiger partial charge is 0.478 e. The Bertz CT molecular complexity index is 667. The zero-order valence-electron chi connectivity index (χ0n) is 12.1. The molecular formula is C15H18N2O4. The van der Waals surface area contributed by atoms with E-state index in [0.717, 1.165) is 6.42 Å². The van der Waals surface area contributed by atoms with E-state index in [1.165, 1.54) is 6.07 Å². The summed E-state index contributed by atoms with van der Waals surface area (Å²) >= 11 is 0. The zero-order chi connectivity index (χ0) is 15.0. The molecule has 1 aliphatic rings. The summed E-state index contributed by atoms with van der Waals surface area (Å²) in [4.78, 5) is 17.8. The molecule has 1 saturated heterocycles. The molecule has 0 saturated carbocycles. The van der Waals surface area contributed by atoms with Crippen molar-refractivity contribution in [1.82, 2.24) is 4.98 Å². The van der Waals surface area contributed by atoms with E-state index in [9.17, 15) is 9.90 Å². The number of carboxylic acid groups (broad SMARTS) is 1. The number of ether oxygens (including phenoxy) is 1. The Hall–Kier alpha value is -2.08. The van der Waals surface area contributed by atoms with Crippen molar-refractivity contribution in [3.8, 4) is 0 Å². The molecule has 0 spiro atoms. The van der Waals surface area contributed by atoms with E-state index in [2.05, 4.69) is 23.7 Å². The van der Waals surface area contributed by atoms with Crippen molar-refractivity contribution >= 4 is 23.1 Å². The summed E-state index contributed by atoms with van der Waals surface area (Å²) in [5.74, 6) is -0.998. The fourth-order valence-corrected chi connectivity index (χ4v) is 2.77. The van der Waals surface area contributed by atoms with Gasteiger partial charge in [0.2, 0.25) is 0 Å². The smallest absolute Gasteiger partial charge is 0.338 e. The molecule has 3 rings (SSSR count). The maximum atomic E-state index is 11.3. The standard InChI is InChI=1S/C15H18N2O4/c1-3-10-8-20-7-9(2)17(10)15-16-13-11(14(18)19)5-4-6-12(13)21-15/h4-6,9-10H,3,7-8H2,1-2H3,(H,18,19). The monoisotopic (exact) mass is 290 g/mol. The highest BCUT2D eigenvalue weighted by molar-refractivity contribution is 6.00. The van der Waals surface area contributed by atoms with Gasteiger partial charge >= 0.3 is 5.97 Å². The number of para-hydroxylation sites is 1. The molecule has 0 radical (unpaired) electrons. The van der Waals surface area contributed by atoms with Crippen LogP contribution in [0.25, 0.3) is 11.1 Å². The molecule has 1 aromatic heterocycles. The molecule has 1 N–H and O–H groups in total. The van der Waals surface area contributed by atoms with E-state index >= 15 is 0 Å². The minimum Gasteiger partial charge on any atom is -0.478 e. The third-order valence-electron chi connectivity index (χ3n) is 3.87. The van der Waals surface area contributed by atoms with Crippen LogP contribution in [0.2, 0.25) is 0 Å². The van der Waals surface area contributed by atoms with E-state index in [1.807, 2.05) is 0 Å². The van der Waals surface area contributed by atoms with Crippen LogP contribution in [0.4, 0.5) is 6.01 Å². The molecular weight excluding hydrogens is 272 g/mol. The minimum absolute atomic E-state index is 0.144. The quantitative estimate of drug-likeness (QED) is 0.936. The molecule has 6 nitrogen and oxygen atoms in total. The van der Waals surface area contributed by atoms with Crippen molar-refractivity contribution in [3.05, 3.63) is 23.8 Å². The van der Waals surface area contributed by atoms with Gasteiger partial charge in [0.15, 0.2) is 5.58 Å². The topological polar surface area (TPSA) is 75.8 Å². The van der Waals surface area contributed by atoms with Crippen molar-refractivity contribution in [1.29, 1.82) is 0 Å². The average molecular weight is 290 g/mol. The predicted octanol–water partition coefficient (Wildman–Crippen LogP) is 2.53. The zero-order valence-corrected chi connectivity index (χ0v) is 12.1. The highest BCUT2D eigenvalue weighted by atomic mass is 16.5. The third kappa shape index (κ3) is 2.35. The Morgan fingerprint density at radius 1 is 1.48 bits per heavy atom. The second-order valence-electron chi connectivity index (χ2n) is 5.31. The number of rotatable bonds is 3. The SMILES string of the molecule is CCC1COCC(C)N1c1nc2c(C(=O)O)cccc2o1. The maximum Gasteiger partial charge on any atom is 0.338 e. The molecule has 1 aliphatic heterocycles. The number of anilines is 1. The van der Waals surface area contributed by atoms with Gasteiger partial charge in [-0.15, -0.1) is 0 Å². The highest BCUT2D eigenvalue weighted by Gasteiger charge is 2.31. The summed E-state index contributed by atoms with van der Waals surface area (Å²) < 4.78 is 11.4. The van der Waals surface area contributed by atoms with Crippen LogP contribution >= 0.6 is 0 Å². The van der Waals surface area contributed by atoms with Crippen LogP contribution in [0, 0.1) is 0 Å². The van der Waals surface area contributed by atoms with E-state index in [1.54, 1.807) is 12.1 Å². The number of oxazole rings is 1. The maximum absolute atomic E-state index is 11.3. The normalized spacial score (nSPS) is 22.7. The molecule has 1 aromatic carbocycles. The van der Waals surface area contributed by atoms with Gasteiger partial charge in [0.05, 0.1) is 30.9 Å². The number of fused-ring (bicyclic) bond motifs is 1. The van der Waals surface area contributed by atoms with E-state index in [-0.39, 0.29) is 17.6 Å². The Labute approximate surface area is 122 Å². The molecule has 112 valence electrons. The molecule has 2 atom stereocenters. The van der Waals surface area contributed by atoms with Gasteiger partial charge in [0.1, 0.15) is 5.52 Å². The van der Waals surface area contributed by atoms with Crippen LogP contribution in [0.3, 0.4) is 0 Å². The Morgan fingerprint density at radius 2 is 2.29 bits per heavy atom. The van der Waals surface area contributed by atoms with E-state index < -0.39 is 5.97 Å². The van der Waals surface area contributed by atoms with Gasteiger partial charge in [-0.2, -0.15) is 4.98 Å². The van der Waals surface area contributed by atoms with Gasteiger partial charge in [-0.1, -0.05) is 13.0 Å². The van der Waals surface area contributed by atoms with Gasteiger partial charge in [-0.25, -0.2) is 4.79 Å². The van der Waals surface area contributed by atoms with Gasteiger partial charge < -0.3 is 19.2 Å². The number of hydrogen-bond acceptors (Lipinski definition) is 5. The second-order valence-corrected chi connectivity index (χ2v) is 5.31. The van der Waals surface area contributed by atoms with Crippen LogP contribution in [0.5, 0.6) is 0 Å². The minimum atomic E-state index is -0.998. The lowest BCUT2D eigenvalue weighted by atomic mass is 10.1. The summed E-state index contributed by atoms with van der Waals surface area (Å²) in [6.45, 7) is 5.38. The first kappa shape index (κ1) is 13.9. The van der Waals surface area contributed by atoms with Crippen LogP contribution in [-0.4, -0.2) is 41.4 Å². The molecule has 1 fully saturated rings. The molecule has 2 unspecified atom stereocenters. The summed E-state index contributed by atoms with van der Waals surface area (Å²) in [6, 6.07) is 5.75. The van der Waals surface area contributed by atoms with Crippen LogP contribution in [-0.2, 0) is 4.74 Å². The number of benzene rings is 1. The van der Waals surface area contributed by atoms with E-state index in [0.29, 0.717) is 30.3 Å². The number of hydrogen-bond donors (Lipinski definition) is 1. The van der Waals surface area contributed by atoms with Crippen LogP contribution in [0.15, 0.2) is 22.6 Å². The second kappa shape index (κ2) is 5.37. The molecule has 2 aromatic rings. The van der Waals surface area contributed by atoms with E-state index in [4.69, 9.17) is 9.15 Å². The van der Waals surface area contributed by atoms with Crippen molar-refractivity contribution < 1.29 is 19.1 Å². The van der Waals surface area contributed by atoms with Crippen molar-refractivity contribution in [2.75, 3.05) is 18.1 Å². The Balaban J connectivity index is 2.07. The summed E-state index contributed by atoms with van der Waals surface area (Å²) in [7, 11) is 0. The first-order valence-corrected chi connectivity index (χ1v) is 7.10. The van der Waals surface area contributed by atoms with Gasteiger partial charge in [-0.05, 0) is 25.5 Å². The van der Waals surface area contributed by atoms with Gasteiger partial charge in [0.25, 0.3) is 6.01 Å². The first-order chi connectivity index (χ1) is 10.1.